The number of amides is 2. The number of benzene rings is 1. The molecule has 0 bridgehead atoms. The van der Waals surface area contributed by atoms with Gasteiger partial charge in [-0.2, -0.15) is 18.2 Å². The van der Waals surface area contributed by atoms with Crippen LogP contribution in [0.25, 0.3) is 11.4 Å². The lowest BCUT2D eigenvalue weighted by Crippen LogP contribution is -2.57. The molecule has 2 aliphatic heterocycles. The molecule has 1 aromatic carbocycles. The van der Waals surface area contributed by atoms with Gasteiger partial charge in [-0.1, -0.05) is 17.3 Å². The van der Waals surface area contributed by atoms with E-state index in [-0.39, 0.29) is 35.4 Å². The molecule has 2 fully saturated rings. The summed E-state index contributed by atoms with van der Waals surface area (Å²) in [7, 11) is 0. The van der Waals surface area contributed by atoms with Crippen molar-refractivity contribution in [2.24, 2.45) is 0 Å². The van der Waals surface area contributed by atoms with E-state index in [1.807, 2.05) is 0 Å². The summed E-state index contributed by atoms with van der Waals surface area (Å²) in [4.78, 5) is 31.8. The highest BCUT2D eigenvalue weighted by Crippen LogP contribution is 2.36. The molecule has 31 heavy (non-hydrogen) atoms. The number of aromatic nitrogens is 2. The number of hydrogen-bond acceptors (Lipinski definition) is 6. The van der Waals surface area contributed by atoms with Crippen LogP contribution in [-0.4, -0.2) is 63.6 Å². The summed E-state index contributed by atoms with van der Waals surface area (Å²) in [5.74, 6) is -1.89. The smallest absolute Gasteiger partial charge is 0.379 e. The van der Waals surface area contributed by atoms with E-state index >= 15 is 0 Å². The molecule has 3 aliphatic rings. The minimum atomic E-state index is -4.74. The summed E-state index contributed by atoms with van der Waals surface area (Å²) in [6, 6.07) is 4.55. The van der Waals surface area contributed by atoms with Gasteiger partial charge in [-0.3, -0.25) is 9.59 Å². The molecule has 2 aromatic rings. The Labute approximate surface area is 174 Å². The third-order valence-electron chi connectivity index (χ3n) is 6.03. The van der Waals surface area contributed by atoms with Crippen LogP contribution in [0.4, 0.5) is 13.2 Å². The van der Waals surface area contributed by atoms with Crippen molar-refractivity contribution >= 4 is 12.3 Å². The summed E-state index contributed by atoms with van der Waals surface area (Å²) in [5.41, 5.74) is 1.43. The average molecular weight is 436 g/mol. The highest BCUT2D eigenvalue weighted by atomic mass is 19.4. The maximum absolute atomic E-state index is 13.2. The lowest BCUT2D eigenvalue weighted by Gasteiger charge is -2.42. The summed E-state index contributed by atoms with van der Waals surface area (Å²) in [5, 5.41) is 3.39. The molecule has 2 atom stereocenters. The second-order valence-corrected chi connectivity index (χ2v) is 8.01. The molecule has 1 saturated heterocycles. The molecule has 0 spiro atoms. The normalized spacial score (nSPS) is 23.7. The zero-order valence-electron chi connectivity index (χ0n) is 16.3. The van der Waals surface area contributed by atoms with Crippen molar-refractivity contribution in [2.75, 3.05) is 13.2 Å². The van der Waals surface area contributed by atoms with E-state index in [2.05, 4.69) is 14.7 Å². The largest absolute Gasteiger partial charge is 0.471 e. The van der Waals surface area contributed by atoms with Crippen molar-refractivity contribution in [1.82, 2.24) is 19.9 Å². The SMILES string of the molecule is O=CN(C1CC1)[C@@H]1COCC[C@H]1N1Cc2ccc(-c3noc(C(F)(F)F)n3)cc2C1=O. The fraction of sp³-hybridized carbons (Fsp3) is 0.500. The van der Waals surface area contributed by atoms with Crippen LogP contribution < -0.4 is 0 Å². The minimum absolute atomic E-state index is 0.190. The van der Waals surface area contributed by atoms with Crippen molar-refractivity contribution in [3.8, 4) is 11.4 Å². The van der Waals surface area contributed by atoms with Crippen molar-refractivity contribution in [2.45, 2.75) is 50.1 Å². The Morgan fingerprint density at radius 3 is 2.71 bits per heavy atom. The van der Waals surface area contributed by atoms with Crippen LogP contribution in [0.1, 0.15) is 41.1 Å². The molecule has 0 radical (unpaired) electrons. The van der Waals surface area contributed by atoms with Crippen LogP contribution in [0, 0.1) is 0 Å². The van der Waals surface area contributed by atoms with Crippen molar-refractivity contribution in [1.29, 1.82) is 0 Å². The molecule has 11 heteroatoms. The molecule has 8 nitrogen and oxygen atoms in total. The molecule has 1 aromatic heterocycles. The van der Waals surface area contributed by atoms with E-state index in [1.165, 1.54) is 6.07 Å². The Kier molecular flexibility index (Phi) is 4.72. The number of halogens is 3. The quantitative estimate of drug-likeness (QED) is 0.670. The number of carbonyl (C=O) groups excluding carboxylic acids is 2. The van der Waals surface area contributed by atoms with Gasteiger partial charge in [0.15, 0.2) is 0 Å². The van der Waals surface area contributed by atoms with Gasteiger partial charge in [0.25, 0.3) is 5.91 Å². The van der Waals surface area contributed by atoms with Gasteiger partial charge in [0.2, 0.25) is 12.2 Å². The highest BCUT2D eigenvalue weighted by Gasteiger charge is 2.44. The van der Waals surface area contributed by atoms with Crippen LogP contribution in [-0.2, 0) is 22.3 Å². The fourth-order valence-electron chi connectivity index (χ4n) is 4.35. The van der Waals surface area contributed by atoms with Gasteiger partial charge in [-0.05, 0) is 30.9 Å². The third kappa shape index (κ3) is 3.56. The first-order chi connectivity index (χ1) is 14.9. The zero-order valence-corrected chi connectivity index (χ0v) is 16.3. The van der Waals surface area contributed by atoms with Gasteiger partial charge in [-0.25, -0.2) is 0 Å². The molecular formula is C20H19F3N4O4. The first-order valence-electron chi connectivity index (χ1n) is 10.0. The molecule has 2 amide bonds. The van der Waals surface area contributed by atoms with Crippen LogP contribution in [0.2, 0.25) is 0 Å². The first kappa shape index (κ1) is 20.0. The number of nitrogens with zero attached hydrogens (tertiary/aromatic N) is 4. The van der Waals surface area contributed by atoms with Gasteiger partial charge >= 0.3 is 12.1 Å². The molecule has 0 unspecified atom stereocenters. The van der Waals surface area contributed by atoms with Gasteiger partial charge in [-0.15, -0.1) is 0 Å². The summed E-state index contributed by atoms with van der Waals surface area (Å²) in [6.45, 7) is 1.23. The summed E-state index contributed by atoms with van der Waals surface area (Å²) >= 11 is 0. The number of rotatable bonds is 5. The topological polar surface area (TPSA) is 88.8 Å². The zero-order chi connectivity index (χ0) is 21.8. The Bertz CT molecular complexity index is 1020. The minimum Gasteiger partial charge on any atom is -0.379 e. The monoisotopic (exact) mass is 436 g/mol. The predicted octanol–water partition coefficient (Wildman–Crippen LogP) is 2.49. The number of hydrogen-bond donors (Lipinski definition) is 0. The second-order valence-electron chi connectivity index (χ2n) is 8.01. The van der Waals surface area contributed by atoms with Gasteiger partial charge in [0, 0.05) is 30.3 Å². The number of fused-ring (bicyclic) bond motifs is 1. The van der Waals surface area contributed by atoms with Crippen molar-refractivity contribution in [3.05, 3.63) is 35.2 Å². The third-order valence-corrected chi connectivity index (χ3v) is 6.03. The molecule has 1 saturated carbocycles. The Morgan fingerprint density at radius 2 is 2.03 bits per heavy atom. The number of alkyl halides is 3. The maximum atomic E-state index is 13.2. The average Bonchev–Trinajstić information content (AvgIpc) is 3.34. The fourth-order valence-corrected chi connectivity index (χ4v) is 4.35. The highest BCUT2D eigenvalue weighted by molar-refractivity contribution is 5.99. The standard InChI is InChI=1S/C20H19F3N4O4/c21-20(22,23)19-24-17(25-31-19)11-1-2-12-8-26(18(29)14(12)7-11)15-5-6-30-9-16(15)27(10-28)13-3-4-13/h1-2,7,10,13,15-16H,3-6,8-9H2/t15-,16-/m1/s1. The van der Waals surface area contributed by atoms with Crippen LogP contribution in [0.15, 0.2) is 22.7 Å². The molecule has 3 heterocycles. The van der Waals surface area contributed by atoms with Crippen LogP contribution >= 0.6 is 0 Å². The predicted molar refractivity (Wildman–Crippen MR) is 98.5 cm³/mol. The second kappa shape index (κ2) is 7.33. The van der Waals surface area contributed by atoms with Crippen LogP contribution in [0.3, 0.4) is 0 Å². The number of ether oxygens (including phenoxy) is 1. The maximum Gasteiger partial charge on any atom is 0.471 e. The lowest BCUT2D eigenvalue weighted by molar-refractivity contribution is -0.159. The van der Waals surface area contributed by atoms with Gasteiger partial charge < -0.3 is 19.1 Å². The Hall–Kier alpha value is -2.95. The molecule has 1 aliphatic carbocycles. The lowest BCUT2D eigenvalue weighted by atomic mass is 10.00. The van der Waals surface area contributed by atoms with Crippen molar-refractivity contribution in [3.63, 3.8) is 0 Å². The van der Waals surface area contributed by atoms with Crippen molar-refractivity contribution < 1.29 is 32.0 Å². The first-order valence-corrected chi connectivity index (χ1v) is 10.0. The van der Waals surface area contributed by atoms with E-state index in [4.69, 9.17) is 4.74 Å². The van der Waals surface area contributed by atoms with E-state index in [0.29, 0.717) is 31.7 Å². The van der Waals surface area contributed by atoms with E-state index in [0.717, 1.165) is 24.8 Å². The molecule has 164 valence electrons. The Morgan fingerprint density at radius 1 is 1.23 bits per heavy atom. The summed E-state index contributed by atoms with van der Waals surface area (Å²) in [6.07, 6.45) is -1.40. The van der Waals surface area contributed by atoms with Crippen LogP contribution in [0.5, 0.6) is 0 Å². The van der Waals surface area contributed by atoms with E-state index in [1.54, 1.807) is 21.9 Å². The molecule has 5 rings (SSSR count). The molecule has 0 N–H and O–H groups in total. The Balaban J connectivity index is 1.41. The van der Waals surface area contributed by atoms with E-state index < -0.39 is 12.1 Å². The van der Waals surface area contributed by atoms with Gasteiger partial charge in [0.1, 0.15) is 0 Å². The number of carbonyl (C=O) groups is 2. The van der Waals surface area contributed by atoms with E-state index in [9.17, 15) is 22.8 Å². The summed E-state index contributed by atoms with van der Waals surface area (Å²) < 4.78 is 48.1. The molecular weight excluding hydrogens is 417 g/mol. The van der Waals surface area contributed by atoms with Gasteiger partial charge in [0.05, 0.1) is 18.7 Å².